The van der Waals surface area contributed by atoms with Gasteiger partial charge in [0.2, 0.25) is 5.91 Å². The first-order valence-electron chi connectivity index (χ1n) is 8.49. The summed E-state index contributed by atoms with van der Waals surface area (Å²) in [5.74, 6) is -3.70. The number of amides is 1. The second kappa shape index (κ2) is 8.01. The van der Waals surface area contributed by atoms with Gasteiger partial charge in [-0.15, -0.1) is 0 Å². The van der Waals surface area contributed by atoms with Crippen LogP contribution in [0.5, 0.6) is 5.75 Å². The molecule has 3 aromatic rings. The largest absolute Gasteiger partial charge is 0.506 e. The molecule has 0 saturated carbocycles. The monoisotopic (exact) mass is 400 g/mol. The molecule has 0 spiro atoms. The van der Waals surface area contributed by atoms with E-state index in [4.69, 9.17) is 10.2 Å². The van der Waals surface area contributed by atoms with Crippen LogP contribution in [0.1, 0.15) is 34.0 Å². The molecule has 0 unspecified atom stereocenters. The third-order valence-corrected chi connectivity index (χ3v) is 4.37. The highest BCUT2D eigenvalue weighted by atomic mass is 19.1. The van der Waals surface area contributed by atoms with Crippen molar-refractivity contribution >= 4 is 11.9 Å². The molecule has 4 N–H and O–H groups in total. The Bertz CT molecular complexity index is 1130. The van der Waals surface area contributed by atoms with Gasteiger partial charge in [0.1, 0.15) is 28.7 Å². The number of carbonyl (C=O) groups excluding carboxylic acids is 2. The Balaban J connectivity index is 2.14. The number of aromatic amines is 1. The highest BCUT2D eigenvalue weighted by Crippen LogP contribution is 2.36. The number of pyridine rings is 1. The van der Waals surface area contributed by atoms with Crippen LogP contribution in [0.3, 0.4) is 0 Å². The zero-order valence-electron chi connectivity index (χ0n) is 15.3. The van der Waals surface area contributed by atoms with Gasteiger partial charge in [-0.05, 0) is 24.3 Å². The van der Waals surface area contributed by atoms with E-state index in [2.05, 4.69) is 9.72 Å². The van der Waals surface area contributed by atoms with Gasteiger partial charge in [-0.3, -0.25) is 9.59 Å². The molecule has 0 aliphatic rings. The predicted octanol–water partition coefficient (Wildman–Crippen LogP) is 2.27. The molecule has 3 rings (SSSR count). The number of esters is 1. The topological polar surface area (TPSA) is 136 Å². The van der Waals surface area contributed by atoms with Gasteiger partial charge in [0.15, 0.2) is 0 Å². The second-order valence-corrected chi connectivity index (χ2v) is 6.19. The molecule has 0 bridgehead atoms. The number of rotatable bonds is 6. The number of nitrogens with two attached hydrogens (primary N) is 1. The van der Waals surface area contributed by atoms with Gasteiger partial charge in [0, 0.05) is 12.6 Å². The number of H-pyrrole nitrogens is 1. The van der Waals surface area contributed by atoms with Gasteiger partial charge in [0.25, 0.3) is 5.56 Å². The van der Waals surface area contributed by atoms with Crippen molar-refractivity contribution in [2.75, 3.05) is 7.11 Å². The average molecular weight is 400 g/mol. The minimum Gasteiger partial charge on any atom is -0.506 e. The van der Waals surface area contributed by atoms with Crippen molar-refractivity contribution in [3.8, 4) is 17.1 Å². The van der Waals surface area contributed by atoms with Gasteiger partial charge >= 0.3 is 5.97 Å². The summed E-state index contributed by atoms with van der Waals surface area (Å²) < 4.78 is 24.3. The molecule has 0 aliphatic carbocycles. The lowest BCUT2D eigenvalue weighted by atomic mass is 9.92. The number of halogens is 1. The molecule has 1 amide bonds. The minimum absolute atomic E-state index is 0.0878. The van der Waals surface area contributed by atoms with E-state index in [-0.39, 0.29) is 28.2 Å². The van der Waals surface area contributed by atoms with E-state index in [1.807, 2.05) is 0 Å². The second-order valence-electron chi connectivity index (χ2n) is 6.19. The number of aromatic hydroxyl groups is 1. The van der Waals surface area contributed by atoms with Crippen LogP contribution in [0, 0.1) is 5.82 Å². The molecule has 0 fully saturated rings. The summed E-state index contributed by atoms with van der Waals surface area (Å²) >= 11 is 0. The number of nitrogens with one attached hydrogen (secondary N) is 1. The maximum atomic E-state index is 14.0. The maximum absolute atomic E-state index is 14.0. The molecule has 2 heterocycles. The summed E-state index contributed by atoms with van der Waals surface area (Å²) in [7, 11) is 1.11. The van der Waals surface area contributed by atoms with Crippen LogP contribution in [-0.2, 0) is 9.53 Å². The number of hydrogen-bond donors (Lipinski definition) is 3. The van der Waals surface area contributed by atoms with Gasteiger partial charge < -0.3 is 25.0 Å². The number of ether oxygens (including phenoxy) is 1. The van der Waals surface area contributed by atoms with Crippen molar-refractivity contribution in [1.82, 2.24) is 4.98 Å². The molecule has 9 heteroatoms. The number of primary amides is 1. The van der Waals surface area contributed by atoms with E-state index < -0.39 is 41.3 Å². The molecule has 2 aromatic heterocycles. The Labute approximate surface area is 163 Å². The highest BCUT2D eigenvalue weighted by molar-refractivity contribution is 5.92. The number of hydrogen-bond acceptors (Lipinski definition) is 6. The van der Waals surface area contributed by atoms with Crippen LogP contribution in [0.2, 0.25) is 0 Å². The molecular formula is C20H17FN2O6. The van der Waals surface area contributed by atoms with Crippen LogP contribution in [-0.4, -0.2) is 29.1 Å². The molecule has 0 aliphatic heterocycles. The Kier molecular flexibility index (Phi) is 5.49. The first-order chi connectivity index (χ1) is 13.8. The number of aromatic nitrogens is 1. The number of methoxy groups -OCH3 is 1. The van der Waals surface area contributed by atoms with Crippen molar-refractivity contribution in [2.24, 2.45) is 5.73 Å². The summed E-state index contributed by atoms with van der Waals surface area (Å²) in [5.41, 5.74) is 4.16. The van der Waals surface area contributed by atoms with Crippen LogP contribution in [0.4, 0.5) is 4.39 Å². The minimum atomic E-state index is -1.11. The summed E-state index contributed by atoms with van der Waals surface area (Å²) in [6, 6.07) is 8.82. The normalized spacial score (nSPS) is 11.8. The fourth-order valence-electron chi connectivity index (χ4n) is 3.02. The zero-order valence-corrected chi connectivity index (χ0v) is 15.3. The van der Waals surface area contributed by atoms with E-state index in [0.29, 0.717) is 0 Å². The van der Waals surface area contributed by atoms with Crippen molar-refractivity contribution in [2.45, 2.75) is 12.3 Å². The lowest BCUT2D eigenvalue weighted by Crippen LogP contribution is -2.23. The fourth-order valence-corrected chi connectivity index (χ4v) is 3.02. The van der Waals surface area contributed by atoms with Gasteiger partial charge in [0.05, 0.1) is 24.2 Å². The maximum Gasteiger partial charge on any atom is 0.343 e. The molecule has 1 atom stereocenters. The molecule has 29 heavy (non-hydrogen) atoms. The summed E-state index contributed by atoms with van der Waals surface area (Å²) in [5, 5.41) is 10.5. The first-order valence-corrected chi connectivity index (χ1v) is 8.49. The zero-order chi connectivity index (χ0) is 21.1. The number of benzene rings is 1. The van der Waals surface area contributed by atoms with Crippen molar-refractivity contribution in [3.05, 3.63) is 75.7 Å². The summed E-state index contributed by atoms with van der Waals surface area (Å²) in [6.45, 7) is 0. The Morgan fingerprint density at radius 2 is 2.00 bits per heavy atom. The molecule has 8 nitrogen and oxygen atoms in total. The van der Waals surface area contributed by atoms with Crippen LogP contribution in [0.25, 0.3) is 11.3 Å². The van der Waals surface area contributed by atoms with Crippen LogP contribution >= 0.6 is 0 Å². The van der Waals surface area contributed by atoms with Crippen molar-refractivity contribution < 1.29 is 28.2 Å². The lowest BCUT2D eigenvalue weighted by Gasteiger charge is -2.15. The third-order valence-electron chi connectivity index (χ3n) is 4.37. The molecule has 0 saturated heterocycles. The summed E-state index contributed by atoms with van der Waals surface area (Å²) in [6.07, 6.45) is 0.604. The van der Waals surface area contributed by atoms with Gasteiger partial charge in [-0.2, -0.15) is 0 Å². The predicted molar refractivity (Wildman–Crippen MR) is 99.8 cm³/mol. The van der Waals surface area contributed by atoms with Gasteiger partial charge in [-0.1, -0.05) is 12.1 Å². The molecule has 1 aromatic carbocycles. The quantitative estimate of drug-likeness (QED) is 0.543. The van der Waals surface area contributed by atoms with Crippen molar-refractivity contribution in [3.63, 3.8) is 0 Å². The molecular weight excluding hydrogens is 383 g/mol. The van der Waals surface area contributed by atoms with E-state index in [1.165, 1.54) is 30.3 Å². The van der Waals surface area contributed by atoms with Crippen LogP contribution < -0.4 is 11.3 Å². The Morgan fingerprint density at radius 3 is 2.66 bits per heavy atom. The van der Waals surface area contributed by atoms with E-state index in [1.54, 1.807) is 6.07 Å². The van der Waals surface area contributed by atoms with Crippen LogP contribution in [0.15, 0.2) is 51.8 Å². The first kappa shape index (κ1) is 19.9. The Hall–Kier alpha value is -3.88. The third kappa shape index (κ3) is 3.88. The van der Waals surface area contributed by atoms with E-state index >= 15 is 0 Å². The standard InChI is InChI=1S/C20H17FN2O6/c1-28-20(27)12-9-23-19(26)17(18(12)25)11(8-16(22)24)15-7-6-14(29-15)10-4-2-3-5-13(10)21/h2-7,9,11H,8H2,1H3,(H2,22,24)(H2,23,25,26)/t11-/m1/s1. The summed E-state index contributed by atoms with van der Waals surface area (Å²) in [4.78, 5) is 38.2. The van der Waals surface area contributed by atoms with Crippen molar-refractivity contribution in [1.29, 1.82) is 0 Å². The molecule has 0 radical (unpaired) electrons. The van der Waals surface area contributed by atoms with Gasteiger partial charge in [-0.25, -0.2) is 9.18 Å². The fraction of sp³-hybridized carbons (Fsp3) is 0.150. The smallest absolute Gasteiger partial charge is 0.343 e. The lowest BCUT2D eigenvalue weighted by molar-refractivity contribution is -0.118. The van der Waals surface area contributed by atoms with E-state index in [9.17, 15) is 23.9 Å². The number of carbonyl (C=O) groups is 2. The Morgan fingerprint density at radius 1 is 1.28 bits per heavy atom. The SMILES string of the molecule is COC(=O)c1c[nH]c(=O)c([C@H](CC(N)=O)c2ccc(-c3ccccc3F)o2)c1O. The van der Waals surface area contributed by atoms with E-state index in [0.717, 1.165) is 13.3 Å². The average Bonchev–Trinajstić information content (AvgIpc) is 3.16. The number of furan rings is 1. The highest BCUT2D eigenvalue weighted by Gasteiger charge is 2.29. The molecule has 150 valence electrons.